The molecule has 23 heavy (non-hydrogen) atoms. The molecule has 1 aromatic carbocycles. The van der Waals surface area contributed by atoms with E-state index in [2.05, 4.69) is 20.4 Å². The lowest BCUT2D eigenvalue weighted by Gasteiger charge is -2.25. The summed E-state index contributed by atoms with van der Waals surface area (Å²) < 4.78 is 5.27. The van der Waals surface area contributed by atoms with Crippen molar-refractivity contribution in [3.05, 3.63) is 47.3 Å². The monoisotopic (exact) mass is 316 g/mol. The highest BCUT2D eigenvalue weighted by atomic mass is 16.5. The third-order valence-corrected chi connectivity index (χ3v) is 3.80. The molecule has 2 N–H and O–H groups in total. The van der Waals surface area contributed by atoms with Gasteiger partial charge in [0, 0.05) is 12.2 Å². The van der Waals surface area contributed by atoms with Gasteiger partial charge in [-0.2, -0.15) is 5.10 Å². The van der Waals surface area contributed by atoms with Gasteiger partial charge in [-0.25, -0.2) is 0 Å². The van der Waals surface area contributed by atoms with Crippen molar-refractivity contribution in [2.45, 2.75) is 19.4 Å². The number of H-pyrrole nitrogens is 1. The molecule has 6 nitrogen and oxygen atoms in total. The van der Waals surface area contributed by atoms with Crippen molar-refractivity contribution < 1.29 is 9.53 Å². The van der Waals surface area contributed by atoms with E-state index in [1.807, 2.05) is 45.3 Å². The molecule has 0 radical (unpaired) electrons. The van der Waals surface area contributed by atoms with Gasteiger partial charge in [0.2, 0.25) is 0 Å². The summed E-state index contributed by atoms with van der Waals surface area (Å²) in [5.74, 6) is 0.635. The lowest BCUT2D eigenvalue weighted by atomic mass is 10.1. The predicted octanol–water partition coefficient (Wildman–Crippen LogP) is 2.01. The fraction of sp³-hybridized carbons (Fsp3) is 0.412. The van der Waals surface area contributed by atoms with Crippen LogP contribution in [0.15, 0.2) is 30.3 Å². The molecule has 1 atom stereocenters. The van der Waals surface area contributed by atoms with Crippen LogP contribution in [0.4, 0.5) is 0 Å². The molecule has 6 heteroatoms. The minimum absolute atomic E-state index is 0.0543. The third kappa shape index (κ3) is 4.32. The number of carbonyl (C=O) groups is 1. The largest absolute Gasteiger partial charge is 0.497 e. The van der Waals surface area contributed by atoms with Crippen molar-refractivity contribution >= 4 is 5.91 Å². The molecule has 2 rings (SSSR count). The maximum absolute atomic E-state index is 12.2. The number of hydrogen-bond donors (Lipinski definition) is 2. The van der Waals surface area contributed by atoms with Crippen molar-refractivity contribution in [2.24, 2.45) is 0 Å². The van der Waals surface area contributed by atoms with E-state index in [0.717, 1.165) is 23.4 Å². The highest BCUT2D eigenvalue weighted by molar-refractivity contribution is 5.92. The first kappa shape index (κ1) is 17.0. The van der Waals surface area contributed by atoms with Crippen molar-refractivity contribution in [2.75, 3.05) is 27.7 Å². The minimum Gasteiger partial charge on any atom is -0.497 e. The maximum Gasteiger partial charge on any atom is 0.271 e. The number of methoxy groups -OCH3 is 1. The first-order valence-electron chi connectivity index (χ1n) is 7.68. The number of amides is 1. The molecule has 124 valence electrons. The van der Waals surface area contributed by atoms with Gasteiger partial charge in [-0.1, -0.05) is 19.1 Å². The van der Waals surface area contributed by atoms with Gasteiger partial charge in [-0.05, 0) is 44.3 Å². The smallest absolute Gasteiger partial charge is 0.271 e. The van der Waals surface area contributed by atoms with E-state index in [-0.39, 0.29) is 11.9 Å². The molecular weight excluding hydrogens is 292 g/mol. The second-order valence-corrected chi connectivity index (χ2v) is 5.60. The standard InChI is InChI=1S/C17H24N4O2/c1-5-13-10-15(20-19-13)17(22)18-11-16(21(2)3)12-7-6-8-14(9-12)23-4/h6-10,16H,5,11H2,1-4H3,(H,18,22)(H,19,20)/t16-/m1/s1. The van der Waals surface area contributed by atoms with Crippen molar-refractivity contribution in [3.8, 4) is 5.75 Å². The molecule has 0 unspecified atom stereocenters. The third-order valence-electron chi connectivity index (χ3n) is 3.80. The van der Waals surface area contributed by atoms with Crippen LogP contribution in [-0.4, -0.2) is 48.8 Å². The van der Waals surface area contributed by atoms with E-state index in [1.54, 1.807) is 13.2 Å². The topological polar surface area (TPSA) is 70.2 Å². The lowest BCUT2D eigenvalue weighted by Crippen LogP contribution is -2.34. The van der Waals surface area contributed by atoms with Crippen LogP contribution < -0.4 is 10.1 Å². The number of rotatable bonds is 7. The van der Waals surface area contributed by atoms with Crippen LogP contribution in [0, 0.1) is 0 Å². The van der Waals surface area contributed by atoms with Gasteiger partial charge in [0.05, 0.1) is 13.2 Å². The Labute approximate surface area is 136 Å². The number of carbonyl (C=O) groups excluding carboxylic acids is 1. The van der Waals surface area contributed by atoms with Gasteiger partial charge in [0.1, 0.15) is 11.4 Å². The van der Waals surface area contributed by atoms with Crippen LogP contribution in [0.25, 0.3) is 0 Å². The Bertz CT molecular complexity index is 652. The molecule has 0 spiro atoms. The summed E-state index contributed by atoms with van der Waals surface area (Å²) in [5, 5.41) is 9.84. The Kier molecular flexibility index (Phi) is 5.76. The summed E-state index contributed by atoms with van der Waals surface area (Å²) in [5.41, 5.74) is 2.46. The van der Waals surface area contributed by atoms with Gasteiger partial charge in [-0.3, -0.25) is 9.89 Å². The molecule has 1 heterocycles. The Balaban J connectivity index is 2.06. The molecule has 0 saturated heterocycles. The Morgan fingerprint density at radius 3 is 2.78 bits per heavy atom. The predicted molar refractivity (Wildman–Crippen MR) is 89.7 cm³/mol. The molecule has 0 aliphatic rings. The fourth-order valence-corrected chi connectivity index (χ4v) is 2.39. The first-order valence-corrected chi connectivity index (χ1v) is 7.68. The van der Waals surface area contributed by atoms with Gasteiger partial charge >= 0.3 is 0 Å². The summed E-state index contributed by atoms with van der Waals surface area (Å²) in [6.45, 7) is 2.51. The Hall–Kier alpha value is -2.34. The van der Waals surface area contributed by atoms with Crippen LogP contribution in [0.2, 0.25) is 0 Å². The van der Waals surface area contributed by atoms with E-state index in [0.29, 0.717) is 12.2 Å². The number of nitrogens with one attached hydrogen (secondary N) is 2. The molecule has 0 aliphatic carbocycles. The van der Waals surface area contributed by atoms with Crippen LogP contribution in [0.5, 0.6) is 5.75 Å². The number of aromatic nitrogens is 2. The second kappa shape index (κ2) is 7.78. The van der Waals surface area contributed by atoms with Crippen LogP contribution >= 0.6 is 0 Å². The summed E-state index contributed by atoms with van der Waals surface area (Å²) in [6, 6.07) is 9.71. The summed E-state index contributed by atoms with van der Waals surface area (Å²) >= 11 is 0. The molecule has 1 amide bonds. The number of hydrogen-bond acceptors (Lipinski definition) is 4. The molecule has 1 aromatic heterocycles. The molecule has 2 aromatic rings. The molecule has 0 fully saturated rings. The van der Waals surface area contributed by atoms with Crippen LogP contribution in [0.3, 0.4) is 0 Å². The van der Waals surface area contributed by atoms with Gasteiger partial charge in [0.25, 0.3) is 5.91 Å². The number of likely N-dealkylation sites (N-methyl/N-ethyl adjacent to an activating group) is 1. The Morgan fingerprint density at radius 1 is 1.39 bits per heavy atom. The minimum atomic E-state index is -0.171. The number of nitrogens with zero attached hydrogens (tertiary/aromatic N) is 2. The number of aryl methyl sites for hydroxylation is 1. The second-order valence-electron chi connectivity index (χ2n) is 5.60. The molecule has 0 saturated carbocycles. The van der Waals surface area contributed by atoms with E-state index in [9.17, 15) is 4.79 Å². The van der Waals surface area contributed by atoms with Crippen molar-refractivity contribution in [3.63, 3.8) is 0 Å². The zero-order chi connectivity index (χ0) is 16.8. The van der Waals surface area contributed by atoms with Gasteiger partial charge < -0.3 is 15.0 Å². The highest BCUT2D eigenvalue weighted by Crippen LogP contribution is 2.22. The fourth-order valence-electron chi connectivity index (χ4n) is 2.39. The van der Waals surface area contributed by atoms with E-state index < -0.39 is 0 Å². The van der Waals surface area contributed by atoms with E-state index in [4.69, 9.17) is 4.74 Å². The zero-order valence-electron chi connectivity index (χ0n) is 14.1. The van der Waals surface area contributed by atoms with Crippen LogP contribution in [0.1, 0.15) is 34.7 Å². The van der Waals surface area contributed by atoms with Gasteiger partial charge in [0.15, 0.2) is 0 Å². The average molecular weight is 316 g/mol. The van der Waals surface area contributed by atoms with Gasteiger partial charge in [-0.15, -0.1) is 0 Å². The number of benzene rings is 1. The molecule has 0 bridgehead atoms. The number of ether oxygens (including phenoxy) is 1. The van der Waals surface area contributed by atoms with Crippen LogP contribution in [-0.2, 0) is 6.42 Å². The summed E-state index contributed by atoms with van der Waals surface area (Å²) in [4.78, 5) is 14.3. The molecular formula is C17H24N4O2. The molecule has 0 aliphatic heterocycles. The maximum atomic E-state index is 12.2. The summed E-state index contributed by atoms with van der Waals surface area (Å²) in [7, 11) is 5.62. The number of aromatic amines is 1. The van der Waals surface area contributed by atoms with Crippen molar-refractivity contribution in [1.82, 2.24) is 20.4 Å². The lowest BCUT2D eigenvalue weighted by molar-refractivity contribution is 0.0937. The van der Waals surface area contributed by atoms with Crippen molar-refractivity contribution in [1.29, 1.82) is 0 Å². The zero-order valence-corrected chi connectivity index (χ0v) is 14.1. The highest BCUT2D eigenvalue weighted by Gasteiger charge is 2.17. The van der Waals surface area contributed by atoms with E-state index in [1.165, 1.54) is 0 Å². The summed E-state index contributed by atoms with van der Waals surface area (Å²) in [6.07, 6.45) is 0.824. The average Bonchev–Trinajstić information content (AvgIpc) is 3.04. The normalized spacial score (nSPS) is 12.2. The quantitative estimate of drug-likeness (QED) is 0.820. The van der Waals surface area contributed by atoms with E-state index >= 15 is 0 Å². The SMILES string of the molecule is CCc1cc(C(=O)NC[C@H](c2cccc(OC)c2)N(C)C)n[nH]1. The Morgan fingerprint density at radius 2 is 2.17 bits per heavy atom. The first-order chi connectivity index (χ1) is 11.0.